The van der Waals surface area contributed by atoms with Crippen LogP contribution in [0.5, 0.6) is 0 Å². The summed E-state index contributed by atoms with van der Waals surface area (Å²) in [6, 6.07) is 2.17. The van der Waals surface area contributed by atoms with Crippen LogP contribution in [0.3, 0.4) is 0 Å². The van der Waals surface area contributed by atoms with Gasteiger partial charge < -0.3 is 5.11 Å². The van der Waals surface area contributed by atoms with E-state index in [9.17, 15) is 5.11 Å². The molecule has 1 saturated heterocycles. The van der Waals surface area contributed by atoms with E-state index in [-0.39, 0.29) is 12.0 Å². The summed E-state index contributed by atoms with van der Waals surface area (Å²) in [4.78, 5) is 2.12. The molecule has 0 amide bonds. The summed E-state index contributed by atoms with van der Waals surface area (Å²) >= 11 is 0. The number of likely N-dealkylation sites (tertiary alicyclic amines) is 1. The Balaban J connectivity index is 2.74. The lowest BCUT2D eigenvalue weighted by molar-refractivity contribution is -0.0402. The first-order valence-electron chi connectivity index (χ1n) is 4.84. The van der Waals surface area contributed by atoms with Gasteiger partial charge in [-0.3, -0.25) is 4.90 Å². The van der Waals surface area contributed by atoms with Gasteiger partial charge in [-0.25, -0.2) is 0 Å². The topological polar surface area (TPSA) is 47.3 Å². The Morgan fingerprint density at radius 1 is 1.64 bits per heavy atom. The first kappa shape index (κ1) is 11.0. The van der Waals surface area contributed by atoms with Crippen molar-refractivity contribution in [3.05, 3.63) is 0 Å². The van der Waals surface area contributed by atoms with Gasteiger partial charge in [-0.05, 0) is 6.92 Å². The third-order valence-corrected chi connectivity index (χ3v) is 3.04. The average Bonchev–Trinajstić information content (AvgIpc) is 2.15. The van der Waals surface area contributed by atoms with Gasteiger partial charge in [0.25, 0.3) is 0 Å². The molecule has 1 fully saturated rings. The SMILES string of the molecule is C#CCN1C[C@@H](C)[C@@](O)(C#N)C[C@H]1C. The lowest BCUT2D eigenvalue weighted by Crippen LogP contribution is -2.54. The molecule has 1 N–H and O–H groups in total. The second kappa shape index (κ2) is 4.00. The van der Waals surface area contributed by atoms with Crippen molar-refractivity contribution in [1.82, 2.24) is 4.90 Å². The molecule has 0 unspecified atom stereocenters. The molecule has 1 rings (SSSR count). The van der Waals surface area contributed by atoms with Crippen molar-refractivity contribution in [2.45, 2.75) is 31.9 Å². The lowest BCUT2D eigenvalue weighted by Gasteiger charge is -2.42. The number of nitriles is 1. The largest absolute Gasteiger partial charge is 0.375 e. The van der Waals surface area contributed by atoms with Crippen LogP contribution in [-0.2, 0) is 0 Å². The van der Waals surface area contributed by atoms with Crippen LogP contribution >= 0.6 is 0 Å². The lowest BCUT2D eigenvalue weighted by atomic mass is 9.80. The Bertz CT molecular complexity index is 289. The van der Waals surface area contributed by atoms with Crippen molar-refractivity contribution in [3.63, 3.8) is 0 Å². The molecule has 76 valence electrons. The summed E-state index contributed by atoms with van der Waals surface area (Å²) in [5.41, 5.74) is -1.18. The molecule has 14 heavy (non-hydrogen) atoms. The van der Waals surface area contributed by atoms with Crippen LogP contribution in [0, 0.1) is 29.6 Å². The molecule has 0 aromatic carbocycles. The minimum Gasteiger partial charge on any atom is -0.375 e. The van der Waals surface area contributed by atoms with E-state index in [0.717, 1.165) is 0 Å². The molecule has 0 saturated carbocycles. The third-order valence-electron chi connectivity index (χ3n) is 3.04. The molecule has 3 nitrogen and oxygen atoms in total. The summed E-state index contributed by atoms with van der Waals surface area (Å²) in [5, 5.41) is 18.9. The number of terminal acetylenes is 1. The van der Waals surface area contributed by atoms with Crippen LogP contribution in [-0.4, -0.2) is 34.7 Å². The van der Waals surface area contributed by atoms with Crippen LogP contribution in [0.1, 0.15) is 20.3 Å². The summed E-state index contributed by atoms with van der Waals surface area (Å²) in [7, 11) is 0. The van der Waals surface area contributed by atoms with Crippen LogP contribution in [0.15, 0.2) is 0 Å². The number of piperidine rings is 1. The Hall–Kier alpha value is -1.03. The van der Waals surface area contributed by atoms with E-state index in [4.69, 9.17) is 11.7 Å². The maximum atomic E-state index is 9.97. The standard InChI is InChI=1S/C11H16N2O/c1-4-5-13-7-9(2)11(14,8-12)6-10(13)3/h1,9-10,14H,5-7H2,2-3H3/t9-,10-,11+/m1/s1. The maximum Gasteiger partial charge on any atom is 0.156 e. The summed E-state index contributed by atoms with van der Waals surface area (Å²) in [6.07, 6.45) is 5.73. The second-order valence-corrected chi connectivity index (χ2v) is 4.12. The molecule has 0 aromatic rings. The smallest absolute Gasteiger partial charge is 0.156 e. The van der Waals surface area contributed by atoms with Gasteiger partial charge in [0.2, 0.25) is 0 Å². The summed E-state index contributed by atoms with van der Waals surface area (Å²) in [5.74, 6) is 2.55. The van der Waals surface area contributed by atoms with E-state index in [2.05, 4.69) is 10.8 Å². The molecule has 0 aliphatic carbocycles. The molecule has 1 aliphatic rings. The molecule has 3 atom stereocenters. The van der Waals surface area contributed by atoms with Crippen LogP contribution < -0.4 is 0 Å². The first-order valence-corrected chi connectivity index (χ1v) is 4.84. The Labute approximate surface area is 85.3 Å². The van der Waals surface area contributed by atoms with Gasteiger partial charge in [0.15, 0.2) is 5.60 Å². The fourth-order valence-corrected chi connectivity index (χ4v) is 1.96. The van der Waals surface area contributed by atoms with Gasteiger partial charge in [-0.2, -0.15) is 5.26 Å². The monoisotopic (exact) mass is 192 g/mol. The highest BCUT2D eigenvalue weighted by molar-refractivity contribution is 5.09. The summed E-state index contributed by atoms with van der Waals surface area (Å²) < 4.78 is 0. The van der Waals surface area contributed by atoms with Crippen molar-refractivity contribution >= 4 is 0 Å². The molecule has 0 radical (unpaired) electrons. The molecule has 0 aromatic heterocycles. The molecule has 1 heterocycles. The number of nitrogens with zero attached hydrogens (tertiary/aromatic N) is 2. The first-order chi connectivity index (χ1) is 6.53. The maximum absolute atomic E-state index is 9.97. The number of hydrogen-bond acceptors (Lipinski definition) is 3. The molecule has 0 spiro atoms. The highest BCUT2D eigenvalue weighted by Crippen LogP contribution is 2.30. The van der Waals surface area contributed by atoms with E-state index in [1.165, 1.54) is 0 Å². The van der Waals surface area contributed by atoms with E-state index in [1.807, 2.05) is 19.9 Å². The van der Waals surface area contributed by atoms with Gasteiger partial charge in [0, 0.05) is 24.9 Å². The quantitative estimate of drug-likeness (QED) is 0.489. The zero-order valence-electron chi connectivity index (χ0n) is 8.70. The van der Waals surface area contributed by atoms with Crippen LogP contribution in [0.4, 0.5) is 0 Å². The van der Waals surface area contributed by atoms with E-state index < -0.39 is 5.60 Å². The van der Waals surface area contributed by atoms with E-state index in [0.29, 0.717) is 19.5 Å². The Morgan fingerprint density at radius 3 is 2.79 bits per heavy atom. The van der Waals surface area contributed by atoms with Gasteiger partial charge in [0.1, 0.15) is 0 Å². The van der Waals surface area contributed by atoms with Crippen LogP contribution in [0.25, 0.3) is 0 Å². The highest BCUT2D eigenvalue weighted by Gasteiger charge is 2.42. The predicted molar refractivity (Wildman–Crippen MR) is 54.2 cm³/mol. The Morgan fingerprint density at radius 2 is 2.29 bits per heavy atom. The van der Waals surface area contributed by atoms with E-state index in [1.54, 1.807) is 0 Å². The van der Waals surface area contributed by atoms with Crippen molar-refractivity contribution in [2.75, 3.05) is 13.1 Å². The average molecular weight is 192 g/mol. The number of hydrogen-bond donors (Lipinski definition) is 1. The number of rotatable bonds is 1. The van der Waals surface area contributed by atoms with Gasteiger partial charge >= 0.3 is 0 Å². The zero-order valence-corrected chi connectivity index (χ0v) is 8.70. The highest BCUT2D eigenvalue weighted by atomic mass is 16.3. The van der Waals surface area contributed by atoms with Gasteiger partial charge in [-0.1, -0.05) is 12.8 Å². The molecular formula is C11H16N2O. The summed E-state index contributed by atoms with van der Waals surface area (Å²) in [6.45, 7) is 5.16. The minimum atomic E-state index is -1.18. The molecule has 0 bridgehead atoms. The minimum absolute atomic E-state index is 0.0444. The van der Waals surface area contributed by atoms with Crippen molar-refractivity contribution in [3.8, 4) is 18.4 Å². The van der Waals surface area contributed by atoms with Crippen molar-refractivity contribution in [2.24, 2.45) is 5.92 Å². The van der Waals surface area contributed by atoms with Crippen LogP contribution in [0.2, 0.25) is 0 Å². The van der Waals surface area contributed by atoms with Crippen molar-refractivity contribution < 1.29 is 5.11 Å². The predicted octanol–water partition coefficient (Wildman–Crippen LogP) is 0.605. The normalized spacial score (nSPS) is 38.6. The van der Waals surface area contributed by atoms with Gasteiger partial charge in [-0.15, -0.1) is 6.42 Å². The molecule has 1 aliphatic heterocycles. The fourth-order valence-electron chi connectivity index (χ4n) is 1.96. The number of aliphatic hydroxyl groups is 1. The fraction of sp³-hybridized carbons (Fsp3) is 0.727. The third kappa shape index (κ3) is 1.90. The zero-order chi connectivity index (χ0) is 10.8. The second-order valence-electron chi connectivity index (χ2n) is 4.12. The van der Waals surface area contributed by atoms with Crippen molar-refractivity contribution in [1.29, 1.82) is 5.26 Å². The molecule has 3 heteroatoms. The Kier molecular flexibility index (Phi) is 3.16. The van der Waals surface area contributed by atoms with E-state index >= 15 is 0 Å². The van der Waals surface area contributed by atoms with Gasteiger partial charge in [0.05, 0.1) is 12.6 Å². The molecular weight excluding hydrogens is 176 g/mol.